The van der Waals surface area contributed by atoms with Gasteiger partial charge in [0.2, 0.25) is 0 Å². The number of hydrogen-bond donors (Lipinski definition) is 1. The van der Waals surface area contributed by atoms with Crippen molar-refractivity contribution in [2.24, 2.45) is 5.92 Å². The first-order chi connectivity index (χ1) is 5.45. The molecule has 2 nitrogen and oxygen atoms in total. The van der Waals surface area contributed by atoms with Gasteiger partial charge in [0.1, 0.15) is 0 Å². The molecule has 12 heavy (non-hydrogen) atoms. The summed E-state index contributed by atoms with van der Waals surface area (Å²) in [5.41, 5.74) is 0. The number of halogens is 2. The lowest BCUT2D eigenvalue weighted by atomic mass is 10.0. The molecule has 0 saturated carbocycles. The van der Waals surface area contributed by atoms with Gasteiger partial charge >= 0.3 is 0 Å². The quantitative estimate of drug-likeness (QED) is 0.610. The third-order valence-electron chi connectivity index (χ3n) is 1.96. The van der Waals surface area contributed by atoms with Gasteiger partial charge in [-0.2, -0.15) is 0 Å². The first-order valence-corrected chi connectivity index (χ1v) is 5.91. The van der Waals surface area contributed by atoms with Crippen LogP contribution in [0.25, 0.3) is 0 Å². The molecule has 0 saturated heterocycles. The molecule has 0 fully saturated rings. The van der Waals surface area contributed by atoms with E-state index in [1.165, 1.54) is 0 Å². The second kappa shape index (κ2) is 6.05. The maximum atomic E-state index is 12.3. The molecule has 0 aliphatic carbocycles. The average molecular weight is 261 g/mol. The van der Waals surface area contributed by atoms with Crippen LogP contribution in [0.15, 0.2) is 0 Å². The highest BCUT2D eigenvalue weighted by Gasteiger charge is 2.18. The molecule has 0 radical (unpaired) electrons. The highest BCUT2D eigenvalue weighted by Crippen LogP contribution is 2.19. The molecule has 0 aliphatic rings. The lowest BCUT2D eigenvalue weighted by Crippen LogP contribution is -2.19. The molecular weight excluding hydrogens is 247 g/mol. The molecule has 0 aliphatic heterocycles. The molecule has 0 spiro atoms. The molecule has 4 atom stereocenters. The molecule has 0 aromatic heterocycles. The van der Waals surface area contributed by atoms with Crippen LogP contribution in [-0.2, 0) is 11.1 Å². The summed E-state index contributed by atoms with van der Waals surface area (Å²) in [6, 6.07) is 0. The third-order valence-corrected chi connectivity index (χ3v) is 3.52. The van der Waals surface area contributed by atoms with Crippen LogP contribution in [0.3, 0.4) is 0 Å². The van der Waals surface area contributed by atoms with Crippen LogP contribution >= 0.6 is 15.9 Å². The Hall–Kier alpha value is 0.520. The fraction of sp³-hybridized carbons (Fsp3) is 1.00. The van der Waals surface area contributed by atoms with Crippen molar-refractivity contribution in [1.29, 1.82) is 0 Å². The normalized spacial score (nSPS) is 21.4. The van der Waals surface area contributed by atoms with Gasteiger partial charge in [-0.3, -0.25) is 0 Å². The minimum Gasteiger partial charge on any atom is -0.306 e. The van der Waals surface area contributed by atoms with Crippen LogP contribution in [-0.4, -0.2) is 19.1 Å². The van der Waals surface area contributed by atoms with Gasteiger partial charge in [0.05, 0.1) is 5.25 Å². The highest BCUT2D eigenvalue weighted by atomic mass is 79.9. The molecule has 74 valence electrons. The van der Waals surface area contributed by atoms with Crippen LogP contribution in [0.5, 0.6) is 0 Å². The van der Waals surface area contributed by atoms with Crippen LogP contribution in [0.2, 0.25) is 0 Å². The summed E-state index contributed by atoms with van der Waals surface area (Å²) in [4.78, 5) is 0. The van der Waals surface area contributed by atoms with Crippen molar-refractivity contribution in [3.63, 3.8) is 0 Å². The Labute approximate surface area is 83.3 Å². The summed E-state index contributed by atoms with van der Waals surface area (Å²) in [7, 11) is 0. The largest absolute Gasteiger partial charge is 0.306 e. The minimum atomic E-state index is -1.79. The summed E-state index contributed by atoms with van der Waals surface area (Å²) in [6.07, 6.45) is 1.02. The molecule has 2 unspecified atom stereocenters. The molecule has 0 rings (SSSR count). The van der Waals surface area contributed by atoms with Gasteiger partial charge in [0.15, 0.2) is 16.2 Å². The zero-order chi connectivity index (χ0) is 9.72. The Kier molecular flexibility index (Phi) is 6.31. The van der Waals surface area contributed by atoms with Gasteiger partial charge in [0.25, 0.3) is 0 Å². The van der Waals surface area contributed by atoms with E-state index >= 15 is 0 Å². The maximum absolute atomic E-state index is 12.3. The molecule has 0 amide bonds. The minimum absolute atomic E-state index is 0.0756. The van der Waals surface area contributed by atoms with Gasteiger partial charge in [-0.1, -0.05) is 22.9 Å². The third kappa shape index (κ3) is 5.22. The Morgan fingerprint density at radius 2 is 2.00 bits per heavy atom. The van der Waals surface area contributed by atoms with Gasteiger partial charge in [0, 0.05) is 0 Å². The van der Waals surface area contributed by atoms with Crippen molar-refractivity contribution >= 4 is 27.0 Å². The summed E-state index contributed by atoms with van der Waals surface area (Å²) in [6.45, 7) is 3.55. The van der Waals surface area contributed by atoms with E-state index in [4.69, 9.17) is 4.55 Å². The van der Waals surface area contributed by atoms with Crippen LogP contribution < -0.4 is 0 Å². The van der Waals surface area contributed by atoms with Crippen molar-refractivity contribution < 1.29 is 13.2 Å². The fourth-order valence-corrected chi connectivity index (χ4v) is 1.62. The van der Waals surface area contributed by atoms with E-state index in [1.807, 2.05) is 6.92 Å². The first kappa shape index (κ1) is 12.5. The number of alkyl halides is 2. The Bertz CT molecular complexity index is 154. The zero-order valence-corrected chi connectivity index (χ0v) is 9.57. The topological polar surface area (TPSA) is 37.3 Å². The second-order valence-corrected chi connectivity index (χ2v) is 5.22. The van der Waals surface area contributed by atoms with Crippen LogP contribution in [0.4, 0.5) is 4.39 Å². The number of rotatable bonds is 5. The SMILES string of the molecule is C[C@H]([C@@H](C)CCC(F)Br)S(=O)O. The van der Waals surface area contributed by atoms with Crippen molar-refractivity contribution in [3.05, 3.63) is 0 Å². The second-order valence-electron chi connectivity index (χ2n) is 2.93. The summed E-state index contributed by atoms with van der Waals surface area (Å²) in [5.74, 6) is 0.0756. The van der Waals surface area contributed by atoms with Gasteiger partial charge in [-0.15, -0.1) is 0 Å². The predicted molar refractivity (Wildman–Crippen MR) is 52.5 cm³/mol. The van der Waals surface area contributed by atoms with Crippen molar-refractivity contribution in [3.8, 4) is 0 Å². The van der Waals surface area contributed by atoms with E-state index in [1.54, 1.807) is 6.92 Å². The van der Waals surface area contributed by atoms with Crippen molar-refractivity contribution in [2.75, 3.05) is 0 Å². The lowest BCUT2D eigenvalue weighted by Gasteiger charge is -2.15. The average Bonchev–Trinajstić information content (AvgIpc) is 1.98. The first-order valence-electron chi connectivity index (χ1n) is 3.83. The number of hydrogen-bond acceptors (Lipinski definition) is 1. The highest BCUT2D eigenvalue weighted by molar-refractivity contribution is 9.09. The maximum Gasteiger partial charge on any atom is 0.155 e. The summed E-state index contributed by atoms with van der Waals surface area (Å²) in [5, 5.41) is -1.28. The Morgan fingerprint density at radius 3 is 2.33 bits per heavy atom. The Morgan fingerprint density at radius 1 is 1.50 bits per heavy atom. The van der Waals surface area contributed by atoms with E-state index in [-0.39, 0.29) is 11.2 Å². The lowest BCUT2D eigenvalue weighted by molar-refractivity contribution is 0.385. The van der Waals surface area contributed by atoms with Crippen molar-refractivity contribution in [1.82, 2.24) is 0 Å². The van der Waals surface area contributed by atoms with E-state index in [0.29, 0.717) is 12.8 Å². The summed E-state index contributed by atoms with van der Waals surface area (Å²) >= 11 is 0.991. The van der Waals surface area contributed by atoms with Crippen molar-refractivity contribution in [2.45, 2.75) is 37.0 Å². The van der Waals surface area contributed by atoms with Crippen LogP contribution in [0.1, 0.15) is 26.7 Å². The standard InChI is InChI=1S/C7H14BrFO2S/c1-5(3-4-7(8)9)6(2)12(10)11/h5-7H,3-4H2,1-2H3,(H,10,11)/t5-,6+,7?/m0/s1. The molecule has 5 heteroatoms. The summed E-state index contributed by atoms with van der Waals surface area (Å²) < 4.78 is 31.6. The van der Waals surface area contributed by atoms with E-state index in [2.05, 4.69) is 15.9 Å². The molecule has 0 bridgehead atoms. The van der Waals surface area contributed by atoms with E-state index in [0.717, 1.165) is 0 Å². The van der Waals surface area contributed by atoms with E-state index in [9.17, 15) is 8.60 Å². The van der Waals surface area contributed by atoms with Gasteiger partial charge < -0.3 is 4.55 Å². The molecule has 1 N–H and O–H groups in total. The van der Waals surface area contributed by atoms with Gasteiger partial charge in [-0.25, -0.2) is 8.60 Å². The molecule has 0 aromatic rings. The van der Waals surface area contributed by atoms with Gasteiger partial charge in [-0.05, 0) is 25.7 Å². The molecule has 0 heterocycles. The molecule has 0 aromatic carbocycles. The fourth-order valence-electron chi connectivity index (χ4n) is 0.822. The Balaban J connectivity index is 3.71. The molecular formula is C7H14BrFO2S. The van der Waals surface area contributed by atoms with Crippen LogP contribution in [0, 0.1) is 5.92 Å². The smallest absolute Gasteiger partial charge is 0.155 e. The predicted octanol–water partition coefficient (Wildman–Crippen LogP) is 2.70. The zero-order valence-electron chi connectivity index (χ0n) is 7.17. The monoisotopic (exact) mass is 260 g/mol. The van der Waals surface area contributed by atoms with E-state index < -0.39 is 16.2 Å².